The summed E-state index contributed by atoms with van der Waals surface area (Å²) in [7, 11) is 0. The highest BCUT2D eigenvalue weighted by molar-refractivity contribution is 5.78. The van der Waals surface area contributed by atoms with Crippen LogP contribution in [-0.4, -0.2) is 12.5 Å². The van der Waals surface area contributed by atoms with Gasteiger partial charge in [-0.1, -0.05) is 36.4 Å². The number of carbonyl (C=O) groups is 1. The lowest BCUT2D eigenvalue weighted by atomic mass is 9.88. The van der Waals surface area contributed by atoms with Gasteiger partial charge in [0.25, 0.3) is 5.91 Å². The Labute approximate surface area is 149 Å². The Balaban J connectivity index is 1.39. The van der Waals surface area contributed by atoms with E-state index in [1.54, 1.807) is 0 Å². The van der Waals surface area contributed by atoms with E-state index in [1.165, 1.54) is 35.1 Å². The van der Waals surface area contributed by atoms with Crippen molar-refractivity contribution < 1.29 is 9.53 Å². The summed E-state index contributed by atoms with van der Waals surface area (Å²) in [5.74, 6) is 0.853. The molecule has 0 heterocycles. The number of ether oxygens (including phenoxy) is 1. The number of aryl methyl sites for hydroxylation is 2. The van der Waals surface area contributed by atoms with Crippen molar-refractivity contribution in [3.8, 4) is 5.75 Å². The molecule has 130 valence electrons. The van der Waals surface area contributed by atoms with E-state index in [2.05, 4.69) is 35.6 Å². The zero-order valence-corrected chi connectivity index (χ0v) is 14.6. The number of hydrogen-bond acceptors (Lipinski definition) is 2. The van der Waals surface area contributed by atoms with Gasteiger partial charge in [-0.2, -0.15) is 0 Å². The summed E-state index contributed by atoms with van der Waals surface area (Å²) in [5, 5.41) is 3.16. The molecule has 3 nitrogen and oxygen atoms in total. The average molecular weight is 335 g/mol. The second kappa shape index (κ2) is 7.30. The van der Waals surface area contributed by atoms with Gasteiger partial charge in [-0.05, 0) is 73.3 Å². The van der Waals surface area contributed by atoms with Crippen LogP contribution in [0.15, 0.2) is 42.5 Å². The lowest BCUT2D eigenvalue weighted by Gasteiger charge is -2.26. The predicted molar refractivity (Wildman–Crippen MR) is 98.8 cm³/mol. The first-order chi connectivity index (χ1) is 12.3. The number of nitrogens with one attached hydrogen (secondary N) is 1. The molecule has 2 aromatic carbocycles. The van der Waals surface area contributed by atoms with Crippen LogP contribution in [0.25, 0.3) is 0 Å². The van der Waals surface area contributed by atoms with Gasteiger partial charge in [0.15, 0.2) is 6.61 Å². The monoisotopic (exact) mass is 335 g/mol. The van der Waals surface area contributed by atoms with Crippen molar-refractivity contribution in [3.05, 3.63) is 64.7 Å². The van der Waals surface area contributed by atoms with Gasteiger partial charge in [0, 0.05) is 0 Å². The molecule has 0 radical (unpaired) electrons. The molecule has 2 aromatic rings. The van der Waals surface area contributed by atoms with Crippen LogP contribution in [0.2, 0.25) is 0 Å². The van der Waals surface area contributed by atoms with Gasteiger partial charge in [-0.15, -0.1) is 0 Å². The van der Waals surface area contributed by atoms with E-state index < -0.39 is 0 Å². The zero-order valence-electron chi connectivity index (χ0n) is 14.6. The Morgan fingerprint density at radius 3 is 2.72 bits per heavy atom. The summed E-state index contributed by atoms with van der Waals surface area (Å²) in [5.41, 5.74) is 5.30. The highest BCUT2D eigenvalue weighted by atomic mass is 16.5. The first kappa shape index (κ1) is 16.2. The van der Waals surface area contributed by atoms with E-state index in [0.29, 0.717) is 0 Å². The maximum atomic E-state index is 12.4. The van der Waals surface area contributed by atoms with Crippen LogP contribution in [0.3, 0.4) is 0 Å². The lowest BCUT2D eigenvalue weighted by molar-refractivity contribution is -0.124. The first-order valence-corrected chi connectivity index (χ1v) is 9.42. The van der Waals surface area contributed by atoms with Crippen LogP contribution in [0, 0.1) is 0 Å². The second-order valence-electron chi connectivity index (χ2n) is 7.10. The highest BCUT2D eigenvalue weighted by Gasteiger charge is 2.22. The van der Waals surface area contributed by atoms with Gasteiger partial charge in [0.2, 0.25) is 0 Å². The Hall–Kier alpha value is -2.29. The van der Waals surface area contributed by atoms with Crippen molar-refractivity contribution in [2.24, 2.45) is 0 Å². The van der Waals surface area contributed by atoms with Crippen molar-refractivity contribution in [2.75, 3.05) is 6.61 Å². The molecule has 2 aliphatic rings. The summed E-state index contributed by atoms with van der Waals surface area (Å²) in [6, 6.07) is 14.8. The normalized spacial score (nSPS) is 18.8. The molecule has 0 aliphatic heterocycles. The fourth-order valence-corrected chi connectivity index (χ4v) is 4.16. The Morgan fingerprint density at radius 1 is 0.960 bits per heavy atom. The van der Waals surface area contributed by atoms with E-state index in [1.807, 2.05) is 12.1 Å². The Kier molecular flexibility index (Phi) is 4.73. The number of carbonyl (C=O) groups excluding carboxylic acids is 1. The molecule has 0 saturated carbocycles. The molecule has 4 rings (SSSR count). The molecule has 0 saturated heterocycles. The highest BCUT2D eigenvalue weighted by Crippen LogP contribution is 2.30. The molecule has 0 fully saturated rings. The molecule has 0 unspecified atom stereocenters. The van der Waals surface area contributed by atoms with Crippen LogP contribution in [-0.2, 0) is 24.1 Å². The molecule has 1 N–H and O–H groups in total. The van der Waals surface area contributed by atoms with Crippen LogP contribution in [0.5, 0.6) is 5.75 Å². The SMILES string of the molecule is O=C(COc1cccc2c1CCCC2)N[C@@H]1CCCc2ccccc21. The molecule has 0 spiro atoms. The number of fused-ring (bicyclic) bond motifs is 2. The minimum absolute atomic E-state index is 0.0323. The number of hydrogen-bond donors (Lipinski definition) is 1. The molecule has 1 amide bonds. The third kappa shape index (κ3) is 3.55. The summed E-state index contributed by atoms with van der Waals surface area (Å²) in [4.78, 5) is 12.4. The minimum Gasteiger partial charge on any atom is -0.483 e. The molecule has 0 bridgehead atoms. The summed E-state index contributed by atoms with van der Waals surface area (Å²) < 4.78 is 5.88. The van der Waals surface area contributed by atoms with E-state index in [0.717, 1.165) is 37.9 Å². The molecule has 0 aromatic heterocycles. The molecule has 3 heteroatoms. The van der Waals surface area contributed by atoms with E-state index in [-0.39, 0.29) is 18.6 Å². The summed E-state index contributed by atoms with van der Waals surface area (Å²) in [6.07, 6.45) is 7.87. The molecular weight excluding hydrogens is 310 g/mol. The van der Waals surface area contributed by atoms with Crippen LogP contribution < -0.4 is 10.1 Å². The van der Waals surface area contributed by atoms with Gasteiger partial charge in [0.05, 0.1) is 6.04 Å². The van der Waals surface area contributed by atoms with Crippen molar-refractivity contribution in [1.29, 1.82) is 0 Å². The molecule has 1 atom stereocenters. The fraction of sp³-hybridized carbons (Fsp3) is 0.409. The molecule has 25 heavy (non-hydrogen) atoms. The van der Waals surface area contributed by atoms with Crippen molar-refractivity contribution in [2.45, 2.75) is 51.0 Å². The van der Waals surface area contributed by atoms with Crippen molar-refractivity contribution in [3.63, 3.8) is 0 Å². The average Bonchev–Trinajstić information content (AvgIpc) is 2.66. The van der Waals surface area contributed by atoms with Crippen LogP contribution in [0.1, 0.15) is 54.0 Å². The molecular formula is C22H25NO2. The van der Waals surface area contributed by atoms with E-state index >= 15 is 0 Å². The van der Waals surface area contributed by atoms with Crippen molar-refractivity contribution >= 4 is 5.91 Å². The van der Waals surface area contributed by atoms with E-state index in [4.69, 9.17) is 4.74 Å². The standard InChI is InChI=1S/C22H25NO2/c24-22(23-20-13-5-9-16-7-1-3-11-18(16)20)15-25-21-14-6-10-17-8-2-4-12-19(17)21/h1,3,6-7,10-11,14,20H,2,4-5,8-9,12-13,15H2,(H,23,24)/t20-/m1/s1. The van der Waals surface area contributed by atoms with Gasteiger partial charge < -0.3 is 10.1 Å². The Morgan fingerprint density at radius 2 is 1.76 bits per heavy atom. The maximum absolute atomic E-state index is 12.4. The topological polar surface area (TPSA) is 38.3 Å². The Bertz CT molecular complexity index is 768. The van der Waals surface area contributed by atoms with Crippen molar-refractivity contribution in [1.82, 2.24) is 5.32 Å². The van der Waals surface area contributed by atoms with Gasteiger partial charge >= 0.3 is 0 Å². The fourth-order valence-electron chi connectivity index (χ4n) is 4.16. The minimum atomic E-state index is -0.0323. The van der Waals surface area contributed by atoms with Gasteiger partial charge in [-0.25, -0.2) is 0 Å². The van der Waals surface area contributed by atoms with Crippen LogP contribution >= 0.6 is 0 Å². The number of rotatable bonds is 4. The third-order valence-electron chi connectivity index (χ3n) is 5.42. The predicted octanol–water partition coefficient (Wildman–Crippen LogP) is 4.14. The first-order valence-electron chi connectivity index (χ1n) is 9.42. The van der Waals surface area contributed by atoms with Crippen LogP contribution in [0.4, 0.5) is 0 Å². The second-order valence-corrected chi connectivity index (χ2v) is 7.10. The maximum Gasteiger partial charge on any atom is 0.258 e. The zero-order chi connectivity index (χ0) is 17.1. The third-order valence-corrected chi connectivity index (χ3v) is 5.42. The summed E-state index contributed by atoms with van der Waals surface area (Å²) in [6.45, 7) is 0.0924. The van der Waals surface area contributed by atoms with Gasteiger partial charge in [0.1, 0.15) is 5.75 Å². The van der Waals surface area contributed by atoms with E-state index in [9.17, 15) is 4.79 Å². The smallest absolute Gasteiger partial charge is 0.258 e. The lowest BCUT2D eigenvalue weighted by Crippen LogP contribution is -2.34. The van der Waals surface area contributed by atoms with Gasteiger partial charge in [-0.3, -0.25) is 4.79 Å². The number of amides is 1. The molecule has 2 aliphatic carbocycles. The number of benzene rings is 2. The quantitative estimate of drug-likeness (QED) is 0.912. The summed E-state index contributed by atoms with van der Waals surface area (Å²) >= 11 is 0. The largest absolute Gasteiger partial charge is 0.483 e.